The molecule has 0 heterocycles. The van der Waals surface area contributed by atoms with Gasteiger partial charge in [0.25, 0.3) is 0 Å². The van der Waals surface area contributed by atoms with E-state index in [1.807, 2.05) is 0 Å². The van der Waals surface area contributed by atoms with Crippen molar-refractivity contribution in [1.29, 1.82) is 0 Å². The first kappa shape index (κ1) is 16.0. The fraction of sp³-hybridized carbons (Fsp3) is 0.667. The van der Waals surface area contributed by atoms with Gasteiger partial charge in [-0.3, -0.25) is 0 Å². The van der Waals surface area contributed by atoms with Crippen LogP contribution in [0.3, 0.4) is 0 Å². The Morgan fingerprint density at radius 3 is 0.778 bits per heavy atom. The summed E-state index contributed by atoms with van der Waals surface area (Å²) in [6.07, 6.45) is 0. The third kappa shape index (κ3) is 52800000. The summed E-state index contributed by atoms with van der Waals surface area (Å²) in [5.74, 6) is 0.333. The summed E-state index contributed by atoms with van der Waals surface area (Å²) in [4.78, 5) is 18.9. The normalized spacial score (nSPS) is 5.78. The molecule has 0 spiro atoms. The number of carbonyl (C=O) groups excluding carboxylic acids is 2. The minimum absolute atomic E-state index is 0. The van der Waals surface area contributed by atoms with Crippen LogP contribution in [0, 0.1) is 0 Å². The molecule has 0 aliphatic rings. The summed E-state index contributed by atoms with van der Waals surface area (Å²) in [6, 6.07) is 0. The van der Waals surface area contributed by atoms with Gasteiger partial charge in [0.15, 0.2) is 0 Å². The molecule has 0 aliphatic heterocycles. The summed E-state index contributed by atoms with van der Waals surface area (Å²) in [6.45, 7) is 6.11. The van der Waals surface area contributed by atoms with E-state index < -0.39 is 0 Å². The van der Waals surface area contributed by atoms with Crippen molar-refractivity contribution >= 4 is 11.6 Å². The van der Waals surface area contributed by atoms with E-state index in [1.54, 1.807) is 0 Å². The number of carbonyl (C=O) groups is 2. The maximum Gasteiger partial charge on any atom is 2.00 e. The Labute approximate surface area is 69.7 Å². The Hall–Kier alpha value is 0.00234. The molecule has 56 valence electrons. The minimum atomic E-state index is 0. The summed E-state index contributed by atoms with van der Waals surface area (Å²) in [7, 11) is 0. The fourth-order valence-electron chi connectivity index (χ4n) is 0. The van der Waals surface area contributed by atoms with Gasteiger partial charge in [-0.15, -0.1) is 0 Å². The van der Waals surface area contributed by atoms with Crippen LogP contribution in [0.1, 0.15) is 27.7 Å². The molecule has 0 bridgehead atoms. The Balaban J connectivity index is -0.0000000720. The molecule has 0 rings (SSSR count). The Morgan fingerprint density at radius 2 is 0.778 bits per heavy atom. The first-order valence-corrected chi connectivity index (χ1v) is 2.41. The third-order valence-corrected chi connectivity index (χ3v) is 0. The van der Waals surface area contributed by atoms with Crippen molar-refractivity contribution in [2.45, 2.75) is 27.7 Å². The van der Waals surface area contributed by atoms with Crippen LogP contribution >= 0.6 is 0 Å². The topological polar surface area (TPSA) is 34.1 Å². The van der Waals surface area contributed by atoms with Gasteiger partial charge in [0.05, 0.1) is 0 Å². The Morgan fingerprint density at radius 1 is 0.778 bits per heavy atom. The SMILES string of the molecule is CC(C)=O.CC(C)=O.[Pd+2]. The van der Waals surface area contributed by atoms with E-state index in [4.69, 9.17) is 0 Å². The third-order valence-electron chi connectivity index (χ3n) is 0. The molecule has 3 heteroatoms. The van der Waals surface area contributed by atoms with Crippen LogP contribution in [-0.2, 0) is 30.0 Å². The molecular weight excluding hydrogens is 210 g/mol. The second-order valence-electron chi connectivity index (χ2n) is 1.82. The molecule has 9 heavy (non-hydrogen) atoms. The van der Waals surface area contributed by atoms with Crippen molar-refractivity contribution in [3.05, 3.63) is 0 Å². The molecule has 0 aromatic carbocycles. The molecule has 0 unspecified atom stereocenters. The molecule has 0 aromatic rings. The van der Waals surface area contributed by atoms with E-state index in [-0.39, 0.29) is 32.0 Å². The summed E-state index contributed by atoms with van der Waals surface area (Å²) in [5, 5.41) is 0. The maximum absolute atomic E-state index is 9.44. The van der Waals surface area contributed by atoms with E-state index >= 15 is 0 Å². The standard InChI is InChI=1S/2C3H6O.Pd/c2*1-3(2)4;/h2*1-2H3;/q;;+2. The predicted molar refractivity (Wildman–Crippen MR) is 32.7 cm³/mol. The van der Waals surface area contributed by atoms with Gasteiger partial charge in [-0.2, -0.15) is 0 Å². The van der Waals surface area contributed by atoms with Crippen LogP contribution in [0.25, 0.3) is 0 Å². The van der Waals surface area contributed by atoms with Crippen molar-refractivity contribution in [1.82, 2.24) is 0 Å². The van der Waals surface area contributed by atoms with Crippen LogP contribution in [0.2, 0.25) is 0 Å². The average molecular weight is 223 g/mol. The second-order valence-corrected chi connectivity index (χ2v) is 1.82. The first-order valence-electron chi connectivity index (χ1n) is 2.41. The summed E-state index contributed by atoms with van der Waals surface area (Å²) >= 11 is 0. The van der Waals surface area contributed by atoms with Crippen molar-refractivity contribution in [3.63, 3.8) is 0 Å². The molecule has 0 aliphatic carbocycles. The van der Waals surface area contributed by atoms with E-state index in [2.05, 4.69) is 0 Å². The van der Waals surface area contributed by atoms with E-state index in [0.29, 0.717) is 0 Å². The van der Waals surface area contributed by atoms with Gasteiger partial charge in [-0.05, 0) is 27.7 Å². The second kappa shape index (κ2) is 10.9. The summed E-state index contributed by atoms with van der Waals surface area (Å²) < 4.78 is 0. The quantitative estimate of drug-likeness (QED) is 0.577. The van der Waals surface area contributed by atoms with Crippen molar-refractivity contribution < 1.29 is 30.0 Å². The zero-order chi connectivity index (χ0) is 7.15. The van der Waals surface area contributed by atoms with E-state index in [0.717, 1.165) is 0 Å². The smallest absolute Gasteiger partial charge is 0.300 e. The Kier molecular flexibility index (Phi) is 19.4. The van der Waals surface area contributed by atoms with E-state index in [1.165, 1.54) is 27.7 Å². The molecule has 0 saturated carbocycles. The number of hydrogen-bond acceptors (Lipinski definition) is 2. The van der Waals surface area contributed by atoms with Crippen LogP contribution in [0.5, 0.6) is 0 Å². The molecule has 0 radical (unpaired) electrons. The summed E-state index contributed by atoms with van der Waals surface area (Å²) in [5.41, 5.74) is 0. The van der Waals surface area contributed by atoms with E-state index in [9.17, 15) is 9.59 Å². The minimum Gasteiger partial charge on any atom is -0.300 e. The Bertz CT molecular complexity index is 69.1. The molecule has 0 aromatic heterocycles. The molecular formula is C6H12O2Pd+2. The first-order chi connectivity index (χ1) is 3.46. The number of hydrogen-bond donors (Lipinski definition) is 0. The van der Waals surface area contributed by atoms with Gasteiger partial charge in [0.2, 0.25) is 0 Å². The molecule has 0 saturated heterocycles. The zero-order valence-corrected chi connectivity index (χ0v) is 7.69. The van der Waals surface area contributed by atoms with Gasteiger partial charge >= 0.3 is 20.4 Å². The van der Waals surface area contributed by atoms with Gasteiger partial charge in [-0.25, -0.2) is 0 Å². The largest absolute Gasteiger partial charge is 2.00 e. The van der Waals surface area contributed by atoms with Crippen molar-refractivity contribution in [3.8, 4) is 0 Å². The van der Waals surface area contributed by atoms with Gasteiger partial charge < -0.3 is 9.59 Å². The molecule has 0 N–H and O–H groups in total. The molecule has 0 amide bonds. The van der Waals surface area contributed by atoms with Gasteiger partial charge in [0.1, 0.15) is 11.6 Å². The van der Waals surface area contributed by atoms with Gasteiger partial charge in [-0.1, -0.05) is 0 Å². The number of rotatable bonds is 0. The average Bonchev–Trinajstić information content (AvgIpc) is 1.25. The van der Waals surface area contributed by atoms with Crippen molar-refractivity contribution in [2.24, 2.45) is 0 Å². The maximum atomic E-state index is 9.44. The van der Waals surface area contributed by atoms with Crippen molar-refractivity contribution in [2.75, 3.05) is 0 Å². The zero-order valence-electron chi connectivity index (χ0n) is 6.13. The van der Waals surface area contributed by atoms with Crippen LogP contribution in [-0.4, -0.2) is 11.6 Å². The molecule has 2 nitrogen and oxygen atoms in total. The molecule has 0 atom stereocenters. The fourth-order valence-corrected chi connectivity index (χ4v) is 0. The van der Waals surface area contributed by atoms with Gasteiger partial charge in [0, 0.05) is 0 Å². The number of ketones is 2. The monoisotopic (exact) mass is 222 g/mol. The van der Waals surface area contributed by atoms with Crippen LogP contribution in [0.4, 0.5) is 0 Å². The molecule has 0 fully saturated rings. The van der Waals surface area contributed by atoms with Crippen LogP contribution < -0.4 is 0 Å². The number of Topliss-reactive ketones (excluding diaryl/α,β-unsaturated/α-hetero) is 2. The predicted octanol–water partition coefficient (Wildman–Crippen LogP) is 1.19. The van der Waals surface area contributed by atoms with Crippen LogP contribution in [0.15, 0.2) is 0 Å².